The minimum absolute atomic E-state index is 0.0743. The molecule has 164 valence electrons. The molecular formula is C24H21FN2O4S. The molecule has 1 N–H and O–H groups in total. The first-order chi connectivity index (χ1) is 15.3. The first kappa shape index (κ1) is 21.6. The van der Waals surface area contributed by atoms with E-state index in [2.05, 4.69) is 0 Å². The molecule has 4 rings (SSSR count). The van der Waals surface area contributed by atoms with Crippen LogP contribution in [0, 0.1) is 5.82 Å². The fraction of sp³-hybridized carbons (Fsp3) is 0.125. The zero-order valence-electron chi connectivity index (χ0n) is 17.5. The molecular weight excluding hydrogens is 431 g/mol. The van der Waals surface area contributed by atoms with Crippen molar-refractivity contribution in [2.24, 2.45) is 7.05 Å². The number of rotatable bonds is 6. The van der Waals surface area contributed by atoms with E-state index in [4.69, 9.17) is 4.74 Å². The van der Waals surface area contributed by atoms with Crippen LogP contribution in [0.2, 0.25) is 0 Å². The molecule has 0 bridgehead atoms. The van der Waals surface area contributed by atoms with Crippen molar-refractivity contribution < 1.29 is 22.3 Å². The van der Waals surface area contributed by atoms with Gasteiger partial charge in [-0.3, -0.25) is 4.79 Å². The van der Waals surface area contributed by atoms with E-state index in [0.717, 1.165) is 34.2 Å². The van der Waals surface area contributed by atoms with Gasteiger partial charge >= 0.3 is 0 Å². The lowest BCUT2D eigenvalue weighted by Crippen LogP contribution is -2.31. The smallest absolute Gasteiger partial charge is 0.268 e. The van der Waals surface area contributed by atoms with Crippen LogP contribution in [0.4, 0.5) is 4.39 Å². The number of nitrogens with zero attached hydrogens (tertiary/aromatic N) is 1. The quantitative estimate of drug-likeness (QED) is 0.479. The summed E-state index contributed by atoms with van der Waals surface area (Å²) in [4.78, 5) is 12.5. The van der Waals surface area contributed by atoms with E-state index >= 15 is 0 Å². The number of carbonyl (C=O) groups is 1. The van der Waals surface area contributed by atoms with Crippen molar-refractivity contribution in [3.63, 3.8) is 0 Å². The summed E-state index contributed by atoms with van der Waals surface area (Å²) in [5, 5.41) is 1.10. The molecule has 4 aromatic rings. The van der Waals surface area contributed by atoms with Crippen LogP contribution in [-0.2, 0) is 23.5 Å². The number of benzene rings is 3. The Morgan fingerprint density at radius 1 is 1.06 bits per heavy atom. The number of aryl methyl sites for hydroxylation is 1. The summed E-state index contributed by atoms with van der Waals surface area (Å²) in [6, 6.07) is 17.5. The van der Waals surface area contributed by atoms with Crippen molar-refractivity contribution in [2.45, 2.75) is 11.3 Å². The molecule has 0 spiro atoms. The molecule has 0 atom stereocenters. The lowest BCUT2D eigenvalue weighted by molar-refractivity contribution is 0.0978. The van der Waals surface area contributed by atoms with Crippen LogP contribution >= 0.6 is 0 Å². The minimum atomic E-state index is -4.25. The van der Waals surface area contributed by atoms with Gasteiger partial charge in [-0.05, 0) is 53.9 Å². The number of hydrogen-bond acceptors (Lipinski definition) is 4. The minimum Gasteiger partial charge on any atom is -0.496 e. The number of nitrogens with one attached hydrogen (secondary N) is 1. The van der Waals surface area contributed by atoms with Gasteiger partial charge in [0, 0.05) is 24.1 Å². The van der Waals surface area contributed by atoms with Gasteiger partial charge in [-0.1, -0.05) is 30.3 Å². The number of amides is 1. The number of ether oxygens (including phenoxy) is 1. The normalized spacial score (nSPS) is 11.5. The highest BCUT2D eigenvalue weighted by Crippen LogP contribution is 2.26. The Morgan fingerprint density at radius 2 is 1.84 bits per heavy atom. The zero-order chi connectivity index (χ0) is 22.9. The molecule has 6 nitrogen and oxygen atoms in total. The Hall–Kier alpha value is -3.65. The third kappa shape index (κ3) is 4.22. The Bertz CT molecular complexity index is 1430. The Balaban J connectivity index is 1.65. The topological polar surface area (TPSA) is 77.4 Å². The lowest BCUT2D eigenvalue weighted by atomic mass is 10.0. The fourth-order valence-corrected chi connectivity index (χ4v) is 4.70. The van der Waals surface area contributed by atoms with Gasteiger partial charge in [0.2, 0.25) is 0 Å². The number of hydrogen-bond donors (Lipinski definition) is 1. The maximum Gasteiger partial charge on any atom is 0.268 e. The lowest BCUT2D eigenvalue weighted by Gasteiger charge is -2.12. The SMILES string of the molecule is COc1ccc(Cc2cn(C)c3ccccc23)cc1C(=O)NS(=O)(=O)c1cccc(F)c1. The summed E-state index contributed by atoms with van der Waals surface area (Å²) in [5.74, 6) is -1.33. The number of aromatic nitrogens is 1. The number of halogens is 1. The van der Waals surface area contributed by atoms with E-state index in [1.807, 2.05) is 52.9 Å². The van der Waals surface area contributed by atoms with Crippen LogP contribution in [0.5, 0.6) is 5.75 Å². The number of fused-ring (bicyclic) bond motifs is 1. The largest absolute Gasteiger partial charge is 0.496 e. The van der Waals surface area contributed by atoms with Crippen LogP contribution in [0.25, 0.3) is 10.9 Å². The standard InChI is InChI=1S/C24H21FN2O4S/c1-27-15-17(20-8-3-4-9-22(20)27)12-16-10-11-23(31-2)21(13-16)24(28)26-32(29,30)19-7-5-6-18(25)14-19/h3-11,13-15H,12H2,1-2H3,(H,26,28). The second-order valence-electron chi connectivity index (χ2n) is 7.39. The molecule has 3 aromatic carbocycles. The van der Waals surface area contributed by atoms with Gasteiger partial charge in [-0.2, -0.15) is 0 Å². The first-order valence-electron chi connectivity index (χ1n) is 9.81. The molecule has 0 aliphatic carbocycles. The van der Waals surface area contributed by atoms with E-state index in [1.54, 1.807) is 12.1 Å². The van der Waals surface area contributed by atoms with Gasteiger partial charge in [0.1, 0.15) is 11.6 Å². The predicted molar refractivity (Wildman–Crippen MR) is 120 cm³/mol. The number of sulfonamides is 1. The van der Waals surface area contributed by atoms with Crippen molar-refractivity contribution in [1.29, 1.82) is 0 Å². The second-order valence-corrected chi connectivity index (χ2v) is 9.07. The molecule has 32 heavy (non-hydrogen) atoms. The number of para-hydroxylation sites is 1. The molecule has 1 aromatic heterocycles. The van der Waals surface area contributed by atoms with Crippen LogP contribution in [0.3, 0.4) is 0 Å². The third-order valence-electron chi connectivity index (χ3n) is 5.22. The van der Waals surface area contributed by atoms with Gasteiger partial charge in [0.05, 0.1) is 17.6 Å². The summed E-state index contributed by atoms with van der Waals surface area (Å²) < 4.78 is 47.9. The number of carbonyl (C=O) groups excluding carboxylic acids is 1. The molecule has 1 heterocycles. The van der Waals surface area contributed by atoms with E-state index in [0.29, 0.717) is 6.42 Å². The molecule has 8 heteroatoms. The highest BCUT2D eigenvalue weighted by atomic mass is 32.2. The first-order valence-corrected chi connectivity index (χ1v) is 11.3. The summed E-state index contributed by atoms with van der Waals surface area (Å²) in [6.45, 7) is 0. The van der Waals surface area contributed by atoms with Gasteiger partial charge in [-0.25, -0.2) is 17.5 Å². The average Bonchev–Trinajstić information content (AvgIpc) is 3.09. The third-order valence-corrected chi connectivity index (χ3v) is 6.54. The molecule has 0 saturated carbocycles. The van der Waals surface area contributed by atoms with Gasteiger partial charge in [0.25, 0.3) is 15.9 Å². The highest BCUT2D eigenvalue weighted by molar-refractivity contribution is 7.90. The molecule has 0 radical (unpaired) electrons. The van der Waals surface area contributed by atoms with Crippen molar-refractivity contribution in [1.82, 2.24) is 9.29 Å². The van der Waals surface area contributed by atoms with Crippen molar-refractivity contribution in [3.05, 3.63) is 95.4 Å². The monoisotopic (exact) mass is 452 g/mol. The summed E-state index contributed by atoms with van der Waals surface area (Å²) in [5.41, 5.74) is 3.06. The van der Waals surface area contributed by atoms with Crippen LogP contribution in [-0.4, -0.2) is 26.0 Å². The Labute approximate surface area is 185 Å². The van der Waals surface area contributed by atoms with Crippen molar-refractivity contribution >= 4 is 26.8 Å². The summed E-state index contributed by atoms with van der Waals surface area (Å²) >= 11 is 0. The van der Waals surface area contributed by atoms with Gasteiger partial charge in [-0.15, -0.1) is 0 Å². The molecule has 0 saturated heterocycles. The molecule has 1 amide bonds. The highest BCUT2D eigenvalue weighted by Gasteiger charge is 2.22. The van der Waals surface area contributed by atoms with E-state index < -0.39 is 21.7 Å². The van der Waals surface area contributed by atoms with E-state index in [1.165, 1.54) is 19.2 Å². The average molecular weight is 453 g/mol. The predicted octanol–water partition coefficient (Wildman–Crippen LogP) is 4.04. The fourth-order valence-electron chi connectivity index (χ4n) is 3.70. The van der Waals surface area contributed by atoms with Gasteiger partial charge < -0.3 is 9.30 Å². The van der Waals surface area contributed by atoms with Crippen LogP contribution < -0.4 is 9.46 Å². The van der Waals surface area contributed by atoms with E-state index in [9.17, 15) is 17.6 Å². The van der Waals surface area contributed by atoms with Crippen LogP contribution in [0.15, 0.2) is 77.8 Å². The molecule has 0 aliphatic rings. The summed E-state index contributed by atoms with van der Waals surface area (Å²) in [7, 11) is -0.882. The maximum absolute atomic E-state index is 13.5. The maximum atomic E-state index is 13.5. The molecule has 0 unspecified atom stereocenters. The van der Waals surface area contributed by atoms with Gasteiger partial charge in [0.15, 0.2) is 0 Å². The Morgan fingerprint density at radius 3 is 2.59 bits per heavy atom. The molecule has 0 fully saturated rings. The number of methoxy groups -OCH3 is 1. The van der Waals surface area contributed by atoms with Crippen LogP contribution in [0.1, 0.15) is 21.5 Å². The molecule has 0 aliphatic heterocycles. The van der Waals surface area contributed by atoms with Crippen molar-refractivity contribution in [2.75, 3.05) is 7.11 Å². The second kappa shape index (κ2) is 8.47. The van der Waals surface area contributed by atoms with Crippen molar-refractivity contribution in [3.8, 4) is 5.75 Å². The van der Waals surface area contributed by atoms with E-state index in [-0.39, 0.29) is 16.2 Å². The summed E-state index contributed by atoms with van der Waals surface area (Å²) in [6.07, 6.45) is 2.57. The Kier molecular flexibility index (Phi) is 5.71. The zero-order valence-corrected chi connectivity index (χ0v) is 18.3.